The second-order valence-corrected chi connectivity index (χ2v) is 6.20. The van der Waals surface area contributed by atoms with Gasteiger partial charge in [-0.15, -0.1) is 5.10 Å². The molecule has 0 aliphatic rings. The Kier molecular flexibility index (Phi) is 3.95. The highest BCUT2D eigenvalue weighted by atomic mass is 35.5. The maximum Gasteiger partial charge on any atom is 0.316 e. The van der Waals surface area contributed by atoms with E-state index >= 15 is 0 Å². The molecule has 3 aromatic rings. The Morgan fingerprint density at radius 3 is 2.95 bits per heavy atom. The molecule has 7 nitrogen and oxygen atoms in total. The summed E-state index contributed by atoms with van der Waals surface area (Å²) in [6, 6.07) is 7.13. The average molecular weight is 336 g/mol. The van der Waals surface area contributed by atoms with Gasteiger partial charge < -0.3 is 5.11 Å². The van der Waals surface area contributed by atoms with Crippen molar-refractivity contribution in [2.24, 2.45) is 0 Å². The summed E-state index contributed by atoms with van der Waals surface area (Å²) in [5, 5.41) is 17.6. The van der Waals surface area contributed by atoms with Crippen molar-refractivity contribution in [2.75, 3.05) is 0 Å². The van der Waals surface area contributed by atoms with Crippen molar-refractivity contribution in [3.63, 3.8) is 0 Å². The SMILES string of the molecule is C[C@@H](Sc1ncnc2c1nnn2-c1cccc(Cl)c1)C(=O)O. The zero-order valence-corrected chi connectivity index (χ0v) is 12.9. The van der Waals surface area contributed by atoms with Gasteiger partial charge in [0.25, 0.3) is 0 Å². The van der Waals surface area contributed by atoms with Crippen LogP contribution >= 0.6 is 23.4 Å². The molecule has 0 bridgehead atoms. The average Bonchev–Trinajstić information content (AvgIpc) is 2.92. The summed E-state index contributed by atoms with van der Waals surface area (Å²) in [5.74, 6) is -0.918. The van der Waals surface area contributed by atoms with Crippen molar-refractivity contribution in [3.05, 3.63) is 35.6 Å². The molecule has 0 saturated heterocycles. The number of carboxylic acid groups (broad SMARTS) is 1. The first-order valence-corrected chi connectivity index (χ1v) is 7.54. The molecular formula is C13H10ClN5O2S. The lowest BCUT2D eigenvalue weighted by Crippen LogP contribution is -2.11. The number of rotatable bonds is 4. The van der Waals surface area contributed by atoms with Crippen molar-refractivity contribution < 1.29 is 9.90 Å². The van der Waals surface area contributed by atoms with E-state index in [1.165, 1.54) is 6.33 Å². The predicted molar refractivity (Wildman–Crippen MR) is 82.4 cm³/mol. The van der Waals surface area contributed by atoms with E-state index in [1.54, 1.807) is 29.8 Å². The van der Waals surface area contributed by atoms with Crippen LogP contribution in [0.2, 0.25) is 5.02 Å². The lowest BCUT2D eigenvalue weighted by Gasteiger charge is -2.05. The van der Waals surface area contributed by atoms with Gasteiger partial charge in [0.1, 0.15) is 16.6 Å². The summed E-state index contributed by atoms with van der Waals surface area (Å²) in [4.78, 5) is 19.3. The molecule has 2 heterocycles. The van der Waals surface area contributed by atoms with E-state index in [1.807, 2.05) is 6.07 Å². The molecule has 0 radical (unpaired) electrons. The van der Waals surface area contributed by atoms with E-state index in [0.717, 1.165) is 17.4 Å². The minimum atomic E-state index is -0.918. The molecule has 9 heteroatoms. The van der Waals surface area contributed by atoms with Gasteiger partial charge in [0.2, 0.25) is 0 Å². The molecule has 0 saturated carbocycles. The first-order chi connectivity index (χ1) is 10.6. The van der Waals surface area contributed by atoms with Gasteiger partial charge in [0, 0.05) is 5.02 Å². The Balaban J connectivity index is 2.07. The number of fused-ring (bicyclic) bond motifs is 1. The fourth-order valence-corrected chi connectivity index (χ4v) is 2.79. The monoisotopic (exact) mass is 335 g/mol. The second-order valence-electron chi connectivity index (χ2n) is 4.43. The third-order valence-corrected chi connectivity index (χ3v) is 4.21. The smallest absolute Gasteiger partial charge is 0.316 e. The molecule has 1 N–H and O–H groups in total. The van der Waals surface area contributed by atoms with Crippen LogP contribution in [0.1, 0.15) is 6.92 Å². The Hall–Kier alpha value is -2.19. The van der Waals surface area contributed by atoms with Crippen LogP contribution < -0.4 is 0 Å². The van der Waals surface area contributed by atoms with Crippen LogP contribution in [-0.2, 0) is 4.79 Å². The topological polar surface area (TPSA) is 93.8 Å². The number of thioether (sulfide) groups is 1. The van der Waals surface area contributed by atoms with E-state index in [9.17, 15) is 4.79 Å². The minimum absolute atomic E-state index is 0.459. The first-order valence-electron chi connectivity index (χ1n) is 6.28. The van der Waals surface area contributed by atoms with Crippen LogP contribution in [0.25, 0.3) is 16.9 Å². The lowest BCUT2D eigenvalue weighted by molar-refractivity contribution is -0.136. The van der Waals surface area contributed by atoms with Crippen molar-refractivity contribution >= 4 is 40.5 Å². The van der Waals surface area contributed by atoms with Crippen molar-refractivity contribution in [1.82, 2.24) is 25.0 Å². The van der Waals surface area contributed by atoms with Gasteiger partial charge >= 0.3 is 5.97 Å². The van der Waals surface area contributed by atoms with Crippen molar-refractivity contribution in [1.29, 1.82) is 0 Å². The molecule has 1 atom stereocenters. The van der Waals surface area contributed by atoms with Gasteiger partial charge in [0.15, 0.2) is 11.2 Å². The second kappa shape index (κ2) is 5.90. The molecule has 0 aliphatic heterocycles. The number of carbonyl (C=O) groups is 1. The highest BCUT2D eigenvalue weighted by Gasteiger charge is 2.19. The highest BCUT2D eigenvalue weighted by molar-refractivity contribution is 8.00. The van der Waals surface area contributed by atoms with E-state index < -0.39 is 11.2 Å². The van der Waals surface area contributed by atoms with E-state index in [-0.39, 0.29) is 0 Å². The summed E-state index contributed by atoms with van der Waals surface area (Å²) in [6.07, 6.45) is 1.36. The number of carboxylic acids is 1. The van der Waals surface area contributed by atoms with Crippen LogP contribution in [0.4, 0.5) is 0 Å². The lowest BCUT2D eigenvalue weighted by atomic mass is 10.3. The van der Waals surface area contributed by atoms with Gasteiger partial charge in [0.05, 0.1) is 5.69 Å². The standard InChI is InChI=1S/C13H10ClN5O2S/c1-7(13(20)21)22-12-10-11(15-6-16-12)19(18-17-10)9-4-2-3-8(14)5-9/h2-7H,1H3,(H,20,21)/t7-/m1/s1. The Bertz CT molecular complexity index is 853. The fourth-order valence-electron chi connectivity index (χ4n) is 1.81. The number of nitrogens with zero attached hydrogens (tertiary/aromatic N) is 5. The molecule has 3 rings (SSSR count). The number of hydrogen-bond donors (Lipinski definition) is 1. The number of halogens is 1. The van der Waals surface area contributed by atoms with Crippen LogP contribution in [0, 0.1) is 0 Å². The molecular weight excluding hydrogens is 326 g/mol. The van der Waals surface area contributed by atoms with Crippen LogP contribution in [0.15, 0.2) is 35.6 Å². The molecule has 22 heavy (non-hydrogen) atoms. The normalized spacial score (nSPS) is 12.5. The van der Waals surface area contributed by atoms with Crippen molar-refractivity contribution in [2.45, 2.75) is 17.2 Å². The predicted octanol–water partition coefficient (Wildman–Crippen LogP) is 2.43. The van der Waals surface area contributed by atoms with Crippen molar-refractivity contribution in [3.8, 4) is 5.69 Å². The molecule has 0 aliphatic carbocycles. The fraction of sp³-hybridized carbons (Fsp3) is 0.154. The zero-order valence-electron chi connectivity index (χ0n) is 11.3. The van der Waals surface area contributed by atoms with Crippen LogP contribution in [-0.4, -0.2) is 41.3 Å². The molecule has 0 spiro atoms. The maximum atomic E-state index is 11.0. The number of hydrogen-bond acceptors (Lipinski definition) is 6. The molecule has 2 aromatic heterocycles. The van der Waals surface area contributed by atoms with E-state index in [0.29, 0.717) is 21.2 Å². The van der Waals surface area contributed by atoms with E-state index in [4.69, 9.17) is 16.7 Å². The summed E-state index contributed by atoms with van der Waals surface area (Å²) in [6.45, 7) is 1.59. The first kappa shape index (κ1) is 14.7. The van der Waals surface area contributed by atoms with Crippen LogP contribution in [0.3, 0.4) is 0 Å². The largest absolute Gasteiger partial charge is 0.480 e. The Labute approximate surface area is 134 Å². The number of aromatic nitrogens is 5. The summed E-state index contributed by atoms with van der Waals surface area (Å²) in [7, 11) is 0. The van der Waals surface area contributed by atoms with Gasteiger partial charge in [-0.05, 0) is 25.1 Å². The summed E-state index contributed by atoms with van der Waals surface area (Å²) < 4.78 is 1.54. The Morgan fingerprint density at radius 1 is 1.41 bits per heavy atom. The molecule has 1 aromatic carbocycles. The maximum absolute atomic E-state index is 11.0. The highest BCUT2D eigenvalue weighted by Crippen LogP contribution is 2.27. The zero-order chi connectivity index (χ0) is 15.7. The molecule has 0 amide bonds. The minimum Gasteiger partial charge on any atom is -0.480 e. The molecule has 0 fully saturated rings. The third kappa shape index (κ3) is 2.75. The van der Waals surface area contributed by atoms with Gasteiger partial charge in [-0.3, -0.25) is 4.79 Å². The van der Waals surface area contributed by atoms with Gasteiger partial charge in [-0.2, -0.15) is 4.68 Å². The Morgan fingerprint density at radius 2 is 2.23 bits per heavy atom. The third-order valence-electron chi connectivity index (χ3n) is 2.89. The van der Waals surface area contributed by atoms with Gasteiger partial charge in [-0.25, -0.2) is 9.97 Å². The summed E-state index contributed by atoms with van der Waals surface area (Å²) in [5.41, 5.74) is 1.67. The van der Waals surface area contributed by atoms with Crippen LogP contribution in [0.5, 0.6) is 0 Å². The number of aliphatic carboxylic acids is 1. The molecule has 112 valence electrons. The number of benzene rings is 1. The summed E-state index contributed by atoms with van der Waals surface area (Å²) >= 11 is 7.08. The quantitative estimate of drug-likeness (QED) is 0.578. The van der Waals surface area contributed by atoms with Gasteiger partial charge in [-0.1, -0.05) is 34.6 Å². The van der Waals surface area contributed by atoms with E-state index in [2.05, 4.69) is 20.3 Å². The molecule has 0 unspecified atom stereocenters.